The lowest BCUT2D eigenvalue weighted by Gasteiger charge is -2.18. The molecule has 7 heteroatoms. The summed E-state index contributed by atoms with van der Waals surface area (Å²) in [5.74, 6) is -1.89. The first-order valence-electron chi connectivity index (χ1n) is 6.16. The third-order valence-corrected chi connectivity index (χ3v) is 4.22. The van der Waals surface area contributed by atoms with Gasteiger partial charge in [-0.25, -0.2) is 17.2 Å². The molecule has 1 N–H and O–H groups in total. The summed E-state index contributed by atoms with van der Waals surface area (Å²) in [6, 6.07) is 3.10. The molecule has 0 saturated heterocycles. The second kappa shape index (κ2) is 5.12. The van der Waals surface area contributed by atoms with Crippen LogP contribution in [0, 0.1) is 11.6 Å². The first-order valence-corrected chi connectivity index (χ1v) is 8.22. The van der Waals surface area contributed by atoms with Gasteiger partial charge in [-0.3, -0.25) is 4.79 Å². The van der Waals surface area contributed by atoms with Crippen molar-refractivity contribution < 1.29 is 22.0 Å². The van der Waals surface area contributed by atoms with Gasteiger partial charge in [-0.15, -0.1) is 0 Å². The molecule has 1 aliphatic rings. The summed E-state index contributed by atoms with van der Waals surface area (Å²) in [5, 5.41) is 2.61. The van der Waals surface area contributed by atoms with E-state index in [0.29, 0.717) is 12.8 Å². The van der Waals surface area contributed by atoms with Crippen molar-refractivity contribution in [1.82, 2.24) is 5.32 Å². The van der Waals surface area contributed by atoms with Crippen molar-refractivity contribution in [3.63, 3.8) is 0 Å². The van der Waals surface area contributed by atoms with Gasteiger partial charge >= 0.3 is 0 Å². The van der Waals surface area contributed by atoms with Crippen LogP contribution in [0.3, 0.4) is 0 Å². The highest BCUT2D eigenvalue weighted by Gasteiger charge is 2.47. The molecule has 0 bridgehead atoms. The molecule has 2 rings (SSSR count). The third-order valence-electron chi connectivity index (χ3n) is 3.27. The van der Waals surface area contributed by atoms with Crippen LogP contribution in [0.2, 0.25) is 0 Å². The number of carbonyl (C=O) groups excluding carboxylic acids is 1. The fourth-order valence-electron chi connectivity index (χ4n) is 2.06. The molecule has 0 unspecified atom stereocenters. The summed E-state index contributed by atoms with van der Waals surface area (Å²) >= 11 is 0. The van der Waals surface area contributed by atoms with E-state index in [2.05, 4.69) is 5.32 Å². The normalized spacial score (nSPS) is 16.8. The number of hydrogen-bond acceptors (Lipinski definition) is 3. The fourth-order valence-corrected chi connectivity index (χ4v) is 2.61. The van der Waals surface area contributed by atoms with E-state index >= 15 is 0 Å². The zero-order valence-corrected chi connectivity index (χ0v) is 11.8. The van der Waals surface area contributed by atoms with Crippen molar-refractivity contribution in [3.8, 4) is 0 Å². The first-order chi connectivity index (χ1) is 9.22. The highest BCUT2D eigenvalue weighted by atomic mass is 32.2. The minimum atomic E-state index is -3.23. The van der Waals surface area contributed by atoms with Crippen LogP contribution < -0.4 is 5.32 Å². The van der Waals surface area contributed by atoms with Crippen LogP contribution in [0.15, 0.2) is 18.2 Å². The van der Waals surface area contributed by atoms with E-state index in [4.69, 9.17) is 0 Å². The standard InChI is InChI=1S/C13H15F2NO3S/c1-20(18,19)7-4-12(17)16-13(5-6-13)10-8-9(14)2-3-11(10)15/h2-3,8H,4-7H2,1H3,(H,16,17). The Kier molecular flexibility index (Phi) is 3.82. The van der Waals surface area contributed by atoms with Gasteiger partial charge in [0.2, 0.25) is 5.91 Å². The summed E-state index contributed by atoms with van der Waals surface area (Å²) < 4.78 is 48.9. The molecule has 110 valence electrons. The van der Waals surface area contributed by atoms with E-state index in [-0.39, 0.29) is 17.7 Å². The van der Waals surface area contributed by atoms with Gasteiger partial charge in [-0.1, -0.05) is 0 Å². The Hall–Kier alpha value is -1.50. The van der Waals surface area contributed by atoms with Gasteiger partial charge in [0, 0.05) is 18.2 Å². The zero-order valence-electron chi connectivity index (χ0n) is 10.9. The summed E-state index contributed by atoms with van der Waals surface area (Å²) in [4.78, 5) is 11.7. The van der Waals surface area contributed by atoms with Gasteiger partial charge in [0.25, 0.3) is 0 Å². The Balaban J connectivity index is 2.09. The van der Waals surface area contributed by atoms with Crippen molar-refractivity contribution in [1.29, 1.82) is 0 Å². The van der Waals surface area contributed by atoms with E-state index in [1.165, 1.54) is 0 Å². The number of amides is 1. The average molecular weight is 303 g/mol. The molecule has 1 aliphatic carbocycles. The van der Waals surface area contributed by atoms with Crippen LogP contribution in [0.25, 0.3) is 0 Å². The van der Waals surface area contributed by atoms with Gasteiger partial charge in [0.1, 0.15) is 21.5 Å². The number of sulfone groups is 1. The number of halogens is 2. The molecule has 1 amide bonds. The van der Waals surface area contributed by atoms with E-state index in [0.717, 1.165) is 24.5 Å². The average Bonchev–Trinajstić information content (AvgIpc) is 3.10. The Bertz CT molecular complexity index is 639. The number of carbonyl (C=O) groups is 1. The Morgan fingerprint density at radius 2 is 2.00 bits per heavy atom. The molecule has 0 aliphatic heterocycles. The molecule has 20 heavy (non-hydrogen) atoms. The highest BCUT2D eigenvalue weighted by Crippen LogP contribution is 2.46. The molecule has 0 spiro atoms. The summed E-state index contributed by atoms with van der Waals surface area (Å²) in [7, 11) is -3.23. The quantitative estimate of drug-likeness (QED) is 0.896. The maximum Gasteiger partial charge on any atom is 0.221 e. The smallest absolute Gasteiger partial charge is 0.221 e. The molecule has 4 nitrogen and oxygen atoms in total. The van der Waals surface area contributed by atoms with E-state index < -0.39 is 32.9 Å². The van der Waals surface area contributed by atoms with Crippen LogP contribution in [-0.4, -0.2) is 26.3 Å². The Morgan fingerprint density at radius 1 is 1.35 bits per heavy atom. The van der Waals surface area contributed by atoms with E-state index in [1.807, 2.05) is 0 Å². The van der Waals surface area contributed by atoms with Crippen molar-refractivity contribution >= 4 is 15.7 Å². The third kappa shape index (κ3) is 3.53. The van der Waals surface area contributed by atoms with E-state index in [1.54, 1.807) is 0 Å². The summed E-state index contributed by atoms with van der Waals surface area (Å²) in [5.41, 5.74) is -0.772. The Morgan fingerprint density at radius 3 is 2.55 bits per heavy atom. The van der Waals surface area contributed by atoms with Gasteiger partial charge < -0.3 is 5.32 Å². The lowest BCUT2D eigenvalue weighted by Crippen LogP contribution is -2.36. The van der Waals surface area contributed by atoms with Gasteiger partial charge in [-0.2, -0.15) is 0 Å². The summed E-state index contributed by atoms with van der Waals surface area (Å²) in [6.45, 7) is 0. The predicted molar refractivity (Wildman–Crippen MR) is 69.7 cm³/mol. The fraction of sp³-hybridized carbons (Fsp3) is 0.462. The van der Waals surface area contributed by atoms with Crippen molar-refractivity contribution in [2.75, 3.05) is 12.0 Å². The number of benzene rings is 1. The summed E-state index contributed by atoms with van der Waals surface area (Å²) in [6.07, 6.45) is 1.88. The number of hydrogen-bond donors (Lipinski definition) is 1. The van der Waals surface area contributed by atoms with E-state index in [9.17, 15) is 22.0 Å². The monoisotopic (exact) mass is 303 g/mol. The largest absolute Gasteiger partial charge is 0.346 e. The van der Waals surface area contributed by atoms with Crippen molar-refractivity contribution in [2.45, 2.75) is 24.8 Å². The second-order valence-corrected chi connectivity index (χ2v) is 7.39. The maximum absolute atomic E-state index is 13.7. The zero-order chi connectivity index (χ0) is 15.0. The maximum atomic E-state index is 13.7. The first kappa shape index (κ1) is 14.9. The predicted octanol–water partition coefficient (Wildman–Crippen LogP) is 1.50. The van der Waals surface area contributed by atoms with Crippen LogP contribution in [0.4, 0.5) is 8.78 Å². The van der Waals surface area contributed by atoms with Crippen LogP contribution in [0.1, 0.15) is 24.8 Å². The minimum Gasteiger partial charge on any atom is -0.346 e. The molecule has 0 aromatic heterocycles. The lowest BCUT2D eigenvalue weighted by molar-refractivity contribution is -0.121. The van der Waals surface area contributed by atoms with Crippen molar-refractivity contribution in [2.24, 2.45) is 0 Å². The SMILES string of the molecule is CS(=O)(=O)CCC(=O)NC1(c2cc(F)ccc2F)CC1. The van der Waals surface area contributed by atoms with Crippen LogP contribution in [-0.2, 0) is 20.2 Å². The lowest BCUT2D eigenvalue weighted by atomic mass is 10.0. The van der Waals surface area contributed by atoms with Gasteiger partial charge in [0.05, 0.1) is 11.3 Å². The number of nitrogens with one attached hydrogen (secondary N) is 1. The highest BCUT2D eigenvalue weighted by molar-refractivity contribution is 7.90. The Labute approximate surface area is 116 Å². The van der Waals surface area contributed by atoms with Crippen LogP contribution >= 0.6 is 0 Å². The topological polar surface area (TPSA) is 63.2 Å². The van der Waals surface area contributed by atoms with Crippen LogP contribution in [0.5, 0.6) is 0 Å². The van der Waals surface area contributed by atoms with Crippen molar-refractivity contribution in [3.05, 3.63) is 35.4 Å². The molecule has 0 heterocycles. The molecule has 0 atom stereocenters. The molecular formula is C13H15F2NO3S. The molecule has 0 radical (unpaired) electrons. The van der Waals surface area contributed by atoms with Gasteiger partial charge in [-0.05, 0) is 31.0 Å². The molecule has 1 aromatic carbocycles. The van der Waals surface area contributed by atoms with Gasteiger partial charge in [0.15, 0.2) is 0 Å². The molecule has 1 aromatic rings. The number of rotatable bonds is 5. The second-order valence-electron chi connectivity index (χ2n) is 5.13. The molecule has 1 fully saturated rings. The molecular weight excluding hydrogens is 288 g/mol. The minimum absolute atomic E-state index is 0.116. The molecule has 1 saturated carbocycles.